The van der Waals surface area contributed by atoms with Crippen molar-refractivity contribution in [1.29, 1.82) is 0 Å². The molecule has 0 bridgehead atoms. The molecule has 2 heterocycles. The molecule has 0 radical (unpaired) electrons. The molecule has 28 heavy (non-hydrogen) atoms. The second kappa shape index (κ2) is 7.57. The van der Waals surface area contributed by atoms with E-state index in [0.29, 0.717) is 22.2 Å². The first-order valence-electron chi connectivity index (χ1n) is 8.43. The molecule has 4 rings (SSSR count). The number of anilines is 1. The van der Waals surface area contributed by atoms with E-state index in [9.17, 15) is 4.79 Å². The summed E-state index contributed by atoms with van der Waals surface area (Å²) in [5, 5.41) is 11.6. The topological polar surface area (TPSA) is 94.8 Å². The average Bonchev–Trinajstić information content (AvgIpc) is 3.35. The van der Waals surface area contributed by atoms with Crippen molar-refractivity contribution in [2.75, 3.05) is 12.4 Å². The number of benzene rings is 2. The molecule has 0 saturated heterocycles. The van der Waals surface area contributed by atoms with Crippen molar-refractivity contribution >= 4 is 22.6 Å². The maximum atomic E-state index is 12.3. The van der Waals surface area contributed by atoms with Crippen LogP contribution in [0.1, 0.15) is 16.1 Å². The number of carbonyl (C=O) groups is 1. The Labute approximate surface area is 165 Å². The Morgan fingerprint density at radius 3 is 2.57 bits per heavy atom. The number of ether oxygens (including phenoxy) is 1. The van der Waals surface area contributed by atoms with Crippen LogP contribution >= 0.6 is 11.5 Å². The molecule has 0 fully saturated rings. The molecule has 0 aliphatic heterocycles. The highest BCUT2D eigenvalue weighted by atomic mass is 32.1. The van der Waals surface area contributed by atoms with E-state index in [4.69, 9.17) is 4.74 Å². The van der Waals surface area contributed by atoms with Crippen molar-refractivity contribution in [1.82, 2.24) is 24.4 Å². The second-order valence-electron chi connectivity index (χ2n) is 5.88. The summed E-state index contributed by atoms with van der Waals surface area (Å²) in [7, 11) is 1.62. The minimum absolute atomic E-state index is 0.234. The highest BCUT2D eigenvalue weighted by Crippen LogP contribution is 2.24. The van der Waals surface area contributed by atoms with Crippen LogP contribution in [0, 0.1) is 6.92 Å². The van der Waals surface area contributed by atoms with Gasteiger partial charge in [-0.25, -0.2) is 4.68 Å². The lowest BCUT2D eigenvalue weighted by Gasteiger charge is -2.04. The standard InChI is InChI=1S/C19H16N6O2S/c1-12-16(22-24-25(12)14-8-10-15(27-2)11-9-14)17-20-19(28-23-17)21-18(26)13-6-4-3-5-7-13/h3-11H,1-2H3,(H,20,21,23,26). The molecular weight excluding hydrogens is 376 g/mol. The number of nitrogens with one attached hydrogen (secondary N) is 1. The smallest absolute Gasteiger partial charge is 0.257 e. The molecule has 9 heteroatoms. The van der Waals surface area contributed by atoms with Crippen LogP contribution in [0.5, 0.6) is 5.75 Å². The van der Waals surface area contributed by atoms with Gasteiger partial charge in [-0.15, -0.1) is 5.10 Å². The third kappa shape index (κ3) is 3.47. The van der Waals surface area contributed by atoms with E-state index < -0.39 is 0 Å². The Balaban J connectivity index is 1.55. The van der Waals surface area contributed by atoms with Gasteiger partial charge in [-0.05, 0) is 43.3 Å². The van der Waals surface area contributed by atoms with Crippen molar-refractivity contribution in [3.05, 3.63) is 65.9 Å². The third-order valence-electron chi connectivity index (χ3n) is 4.11. The lowest BCUT2D eigenvalue weighted by atomic mass is 10.2. The Kier molecular flexibility index (Phi) is 4.81. The van der Waals surface area contributed by atoms with E-state index in [-0.39, 0.29) is 5.91 Å². The van der Waals surface area contributed by atoms with E-state index in [1.165, 1.54) is 0 Å². The van der Waals surface area contributed by atoms with Crippen molar-refractivity contribution < 1.29 is 9.53 Å². The summed E-state index contributed by atoms with van der Waals surface area (Å²) >= 11 is 1.10. The van der Waals surface area contributed by atoms with Gasteiger partial charge in [0, 0.05) is 17.1 Å². The molecule has 1 amide bonds. The normalized spacial score (nSPS) is 10.6. The maximum Gasteiger partial charge on any atom is 0.257 e. The molecule has 2 aromatic heterocycles. The van der Waals surface area contributed by atoms with Crippen molar-refractivity contribution in [3.8, 4) is 23.0 Å². The van der Waals surface area contributed by atoms with Crippen molar-refractivity contribution in [2.45, 2.75) is 6.92 Å². The molecule has 0 aliphatic carbocycles. The fraction of sp³-hybridized carbons (Fsp3) is 0.105. The van der Waals surface area contributed by atoms with Gasteiger partial charge in [-0.2, -0.15) is 9.36 Å². The fourth-order valence-electron chi connectivity index (χ4n) is 2.63. The summed E-state index contributed by atoms with van der Waals surface area (Å²) in [4.78, 5) is 16.6. The Hall–Kier alpha value is -3.59. The number of hydrogen-bond donors (Lipinski definition) is 1. The summed E-state index contributed by atoms with van der Waals surface area (Å²) < 4.78 is 11.2. The van der Waals surface area contributed by atoms with Crippen LogP contribution in [0.2, 0.25) is 0 Å². The molecule has 0 saturated carbocycles. The number of rotatable bonds is 5. The van der Waals surface area contributed by atoms with Gasteiger partial charge >= 0.3 is 0 Å². The predicted molar refractivity (Wildman–Crippen MR) is 106 cm³/mol. The molecule has 2 aromatic carbocycles. The zero-order chi connectivity index (χ0) is 19.5. The third-order valence-corrected chi connectivity index (χ3v) is 4.74. The zero-order valence-corrected chi connectivity index (χ0v) is 16.0. The summed E-state index contributed by atoms with van der Waals surface area (Å²) in [6.45, 7) is 1.89. The van der Waals surface area contributed by atoms with Gasteiger partial charge in [-0.3, -0.25) is 10.1 Å². The monoisotopic (exact) mass is 392 g/mol. The SMILES string of the molecule is COc1ccc(-n2nnc(-c3nsc(NC(=O)c4ccccc4)n3)c2C)cc1. The number of methoxy groups -OCH3 is 1. The summed E-state index contributed by atoms with van der Waals surface area (Å²) in [6, 6.07) is 16.4. The lowest BCUT2D eigenvalue weighted by Crippen LogP contribution is -2.11. The van der Waals surface area contributed by atoms with Crippen molar-refractivity contribution in [2.24, 2.45) is 0 Å². The Bertz CT molecular complexity index is 1110. The second-order valence-corrected chi connectivity index (χ2v) is 6.63. The number of carbonyl (C=O) groups excluding carboxylic acids is 1. The van der Waals surface area contributed by atoms with Gasteiger partial charge in [0.05, 0.1) is 18.5 Å². The van der Waals surface area contributed by atoms with Gasteiger partial charge in [0.2, 0.25) is 5.13 Å². The molecule has 140 valence electrons. The average molecular weight is 392 g/mol. The minimum atomic E-state index is -0.234. The molecule has 0 aliphatic rings. The molecule has 0 spiro atoms. The first-order chi connectivity index (χ1) is 13.7. The molecule has 1 N–H and O–H groups in total. The largest absolute Gasteiger partial charge is 0.497 e. The highest BCUT2D eigenvalue weighted by molar-refractivity contribution is 7.10. The van der Waals surface area contributed by atoms with E-state index >= 15 is 0 Å². The summed E-state index contributed by atoms with van der Waals surface area (Å²) in [6.07, 6.45) is 0. The quantitative estimate of drug-likeness (QED) is 0.560. The number of amides is 1. The Morgan fingerprint density at radius 2 is 1.86 bits per heavy atom. The van der Waals surface area contributed by atoms with Gasteiger partial charge in [0.15, 0.2) is 11.5 Å². The number of hydrogen-bond acceptors (Lipinski definition) is 7. The van der Waals surface area contributed by atoms with E-state index in [1.54, 1.807) is 36.1 Å². The minimum Gasteiger partial charge on any atom is -0.497 e. The first kappa shape index (κ1) is 17.8. The van der Waals surface area contributed by atoms with Crippen LogP contribution in [0.3, 0.4) is 0 Å². The highest BCUT2D eigenvalue weighted by Gasteiger charge is 2.18. The first-order valence-corrected chi connectivity index (χ1v) is 9.20. The summed E-state index contributed by atoms with van der Waals surface area (Å²) in [5.41, 5.74) is 2.77. The zero-order valence-electron chi connectivity index (χ0n) is 15.2. The van der Waals surface area contributed by atoms with Crippen LogP contribution in [0.25, 0.3) is 17.2 Å². The number of aromatic nitrogens is 5. The van der Waals surface area contributed by atoms with Gasteiger partial charge in [-0.1, -0.05) is 23.4 Å². The van der Waals surface area contributed by atoms with E-state index in [1.807, 2.05) is 37.3 Å². The van der Waals surface area contributed by atoms with Gasteiger partial charge in [0.1, 0.15) is 5.75 Å². The maximum absolute atomic E-state index is 12.3. The van der Waals surface area contributed by atoms with E-state index in [2.05, 4.69) is 25.0 Å². The summed E-state index contributed by atoms with van der Waals surface area (Å²) in [5.74, 6) is 0.953. The fourth-order valence-corrected chi connectivity index (χ4v) is 3.20. The van der Waals surface area contributed by atoms with E-state index in [0.717, 1.165) is 28.7 Å². The van der Waals surface area contributed by atoms with Crippen LogP contribution < -0.4 is 10.1 Å². The molecule has 0 unspecified atom stereocenters. The van der Waals surface area contributed by atoms with Crippen LogP contribution in [-0.4, -0.2) is 37.4 Å². The van der Waals surface area contributed by atoms with Crippen LogP contribution in [-0.2, 0) is 0 Å². The Morgan fingerprint density at radius 1 is 1.11 bits per heavy atom. The van der Waals surface area contributed by atoms with Crippen LogP contribution in [0.15, 0.2) is 54.6 Å². The molecule has 0 atom stereocenters. The molecule has 4 aromatic rings. The van der Waals surface area contributed by atoms with Crippen LogP contribution in [0.4, 0.5) is 5.13 Å². The predicted octanol–water partition coefficient (Wildman–Crippen LogP) is 3.36. The lowest BCUT2D eigenvalue weighted by molar-refractivity contribution is 0.102. The van der Waals surface area contributed by atoms with Gasteiger partial charge < -0.3 is 4.74 Å². The number of nitrogens with zero attached hydrogens (tertiary/aromatic N) is 5. The molecular formula is C19H16N6O2S. The van der Waals surface area contributed by atoms with Gasteiger partial charge in [0.25, 0.3) is 5.91 Å². The molecule has 8 nitrogen and oxygen atoms in total. The van der Waals surface area contributed by atoms with Crippen molar-refractivity contribution in [3.63, 3.8) is 0 Å².